The highest BCUT2D eigenvalue weighted by Crippen LogP contribution is 2.16. The highest BCUT2D eigenvalue weighted by molar-refractivity contribution is 5.13. The van der Waals surface area contributed by atoms with Gasteiger partial charge in [-0.05, 0) is 24.8 Å². The fourth-order valence-corrected chi connectivity index (χ4v) is 2.04. The molecule has 1 heterocycles. The smallest absolute Gasteiger partial charge is 0.158 e. The number of ether oxygens (including phenoxy) is 3. The number of hydrogen-bond acceptors (Lipinski definition) is 3. The molecule has 0 radical (unpaired) electrons. The van der Waals surface area contributed by atoms with E-state index in [9.17, 15) is 4.39 Å². The Morgan fingerprint density at radius 3 is 2.79 bits per heavy atom. The van der Waals surface area contributed by atoms with E-state index in [-0.39, 0.29) is 12.9 Å². The van der Waals surface area contributed by atoms with Crippen LogP contribution in [0.4, 0.5) is 4.39 Å². The van der Waals surface area contributed by atoms with Crippen LogP contribution < -0.4 is 0 Å². The van der Waals surface area contributed by atoms with Crippen molar-refractivity contribution in [3.05, 3.63) is 35.9 Å². The Morgan fingerprint density at radius 1 is 1.26 bits per heavy atom. The van der Waals surface area contributed by atoms with E-state index in [0.29, 0.717) is 13.2 Å². The summed E-state index contributed by atoms with van der Waals surface area (Å²) in [5.74, 6) is 0. The minimum atomic E-state index is -0.547. The van der Waals surface area contributed by atoms with Crippen molar-refractivity contribution in [2.45, 2.75) is 38.3 Å². The highest BCUT2D eigenvalue weighted by Gasteiger charge is 2.19. The maximum atomic E-state index is 12.9. The quantitative estimate of drug-likeness (QED) is 0.760. The van der Waals surface area contributed by atoms with Gasteiger partial charge in [0.1, 0.15) is 12.8 Å². The molecule has 0 saturated carbocycles. The van der Waals surface area contributed by atoms with Crippen molar-refractivity contribution in [2.75, 3.05) is 19.9 Å². The minimum Gasteiger partial charge on any atom is -0.374 e. The average Bonchev–Trinajstić information content (AvgIpc) is 2.48. The molecule has 1 fully saturated rings. The Labute approximate surface area is 113 Å². The van der Waals surface area contributed by atoms with E-state index < -0.39 is 12.8 Å². The third kappa shape index (κ3) is 5.27. The van der Waals surface area contributed by atoms with Crippen LogP contribution in [0.5, 0.6) is 0 Å². The molecule has 2 atom stereocenters. The second kappa shape index (κ2) is 8.25. The van der Waals surface area contributed by atoms with Gasteiger partial charge in [-0.1, -0.05) is 30.3 Å². The molecule has 106 valence electrons. The van der Waals surface area contributed by atoms with Gasteiger partial charge >= 0.3 is 0 Å². The lowest BCUT2D eigenvalue weighted by molar-refractivity contribution is -0.201. The third-order valence-corrected chi connectivity index (χ3v) is 3.07. The zero-order valence-electron chi connectivity index (χ0n) is 11.1. The lowest BCUT2D eigenvalue weighted by Gasteiger charge is -2.26. The first-order chi connectivity index (χ1) is 9.38. The third-order valence-electron chi connectivity index (χ3n) is 3.07. The van der Waals surface area contributed by atoms with Gasteiger partial charge in [0.05, 0.1) is 13.2 Å². The molecule has 0 amide bonds. The second-order valence-corrected chi connectivity index (χ2v) is 4.71. The SMILES string of the molecule is FC[C@@H](COCc1ccccc1)OC1CCCCO1. The average molecular weight is 268 g/mol. The van der Waals surface area contributed by atoms with Gasteiger partial charge in [-0.2, -0.15) is 0 Å². The summed E-state index contributed by atoms with van der Waals surface area (Å²) in [5, 5.41) is 0. The van der Waals surface area contributed by atoms with E-state index in [0.717, 1.165) is 24.8 Å². The molecular weight excluding hydrogens is 247 g/mol. The highest BCUT2D eigenvalue weighted by atomic mass is 19.1. The summed E-state index contributed by atoms with van der Waals surface area (Å²) >= 11 is 0. The fraction of sp³-hybridized carbons (Fsp3) is 0.600. The van der Waals surface area contributed by atoms with Crippen molar-refractivity contribution in [1.82, 2.24) is 0 Å². The maximum absolute atomic E-state index is 12.9. The van der Waals surface area contributed by atoms with Crippen LogP contribution in [0.3, 0.4) is 0 Å². The number of rotatable bonds is 7. The molecule has 1 aromatic rings. The molecular formula is C15H21FO3. The predicted octanol–water partition coefficient (Wildman–Crippen LogP) is 3.08. The number of halogens is 1. The molecule has 1 aliphatic heterocycles. The van der Waals surface area contributed by atoms with Gasteiger partial charge in [0.25, 0.3) is 0 Å². The number of alkyl halides is 1. The van der Waals surface area contributed by atoms with E-state index >= 15 is 0 Å². The van der Waals surface area contributed by atoms with E-state index in [2.05, 4.69) is 0 Å². The van der Waals surface area contributed by atoms with Gasteiger partial charge in [-0.15, -0.1) is 0 Å². The van der Waals surface area contributed by atoms with Gasteiger partial charge in [0, 0.05) is 6.61 Å². The fourth-order valence-electron chi connectivity index (χ4n) is 2.04. The lowest BCUT2D eigenvalue weighted by Crippen LogP contribution is -2.31. The van der Waals surface area contributed by atoms with Gasteiger partial charge in [0.2, 0.25) is 0 Å². The molecule has 0 N–H and O–H groups in total. The predicted molar refractivity (Wildman–Crippen MR) is 70.5 cm³/mol. The first-order valence-corrected chi connectivity index (χ1v) is 6.83. The van der Waals surface area contributed by atoms with Crippen molar-refractivity contribution < 1.29 is 18.6 Å². The molecule has 19 heavy (non-hydrogen) atoms. The molecule has 0 spiro atoms. The van der Waals surface area contributed by atoms with Crippen molar-refractivity contribution in [1.29, 1.82) is 0 Å². The topological polar surface area (TPSA) is 27.7 Å². The zero-order valence-corrected chi connectivity index (χ0v) is 11.1. The van der Waals surface area contributed by atoms with Crippen LogP contribution in [0.2, 0.25) is 0 Å². The summed E-state index contributed by atoms with van der Waals surface area (Å²) in [6.07, 6.45) is 2.18. The van der Waals surface area contributed by atoms with Crippen LogP contribution >= 0.6 is 0 Å². The standard InChI is InChI=1S/C15H21FO3/c16-10-14(19-15-8-4-5-9-18-15)12-17-11-13-6-2-1-3-7-13/h1-3,6-7,14-15H,4-5,8-12H2/t14-,15?/m0/s1. The molecule has 4 heteroatoms. The minimum absolute atomic E-state index is 0.255. The van der Waals surface area contributed by atoms with Crippen LogP contribution in [0.15, 0.2) is 30.3 Å². The molecule has 0 aliphatic carbocycles. The van der Waals surface area contributed by atoms with E-state index in [1.807, 2.05) is 30.3 Å². The molecule has 2 rings (SSSR count). The van der Waals surface area contributed by atoms with Crippen LogP contribution in [0, 0.1) is 0 Å². The molecule has 3 nitrogen and oxygen atoms in total. The summed E-state index contributed by atoms with van der Waals surface area (Å²) in [4.78, 5) is 0. The van der Waals surface area contributed by atoms with Gasteiger partial charge in [0.15, 0.2) is 6.29 Å². The molecule has 1 saturated heterocycles. The molecule has 0 aromatic heterocycles. The van der Waals surface area contributed by atoms with Crippen molar-refractivity contribution in [2.24, 2.45) is 0 Å². The summed E-state index contributed by atoms with van der Waals surface area (Å²) in [6, 6.07) is 9.83. The number of benzene rings is 1. The first kappa shape index (κ1) is 14.4. The Kier molecular flexibility index (Phi) is 6.27. The van der Waals surface area contributed by atoms with Crippen LogP contribution in [-0.2, 0) is 20.8 Å². The van der Waals surface area contributed by atoms with Crippen LogP contribution in [0.1, 0.15) is 24.8 Å². The Hall–Kier alpha value is -0.970. The normalized spacial score (nSPS) is 21.2. The zero-order chi connectivity index (χ0) is 13.3. The van der Waals surface area contributed by atoms with Crippen molar-refractivity contribution in [3.8, 4) is 0 Å². The Balaban J connectivity index is 1.67. The van der Waals surface area contributed by atoms with Gasteiger partial charge < -0.3 is 14.2 Å². The van der Waals surface area contributed by atoms with Crippen LogP contribution in [-0.4, -0.2) is 32.3 Å². The molecule has 1 unspecified atom stereocenters. The van der Waals surface area contributed by atoms with Gasteiger partial charge in [-0.25, -0.2) is 4.39 Å². The monoisotopic (exact) mass is 268 g/mol. The van der Waals surface area contributed by atoms with Gasteiger partial charge in [-0.3, -0.25) is 0 Å². The number of hydrogen-bond donors (Lipinski definition) is 0. The van der Waals surface area contributed by atoms with Crippen molar-refractivity contribution in [3.63, 3.8) is 0 Å². The van der Waals surface area contributed by atoms with Crippen LogP contribution in [0.25, 0.3) is 0 Å². The maximum Gasteiger partial charge on any atom is 0.158 e. The lowest BCUT2D eigenvalue weighted by atomic mass is 10.2. The van der Waals surface area contributed by atoms with E-state index in [1.54, 1.807) is 0 Å². The van der Waals surface area contributed by atoms with E-state index in [4.69, 9.17) is 14.2 Å². The molecule has 1 aromatic carbocycles. The molecule has 1 aliphatic rings. The van der Waals surface area contributed by atoms with Crippen molar-refractivity contribution >= 4 is 0 Å². The Morgan fingerprint density at radius 2 is 2.11 bits per heavy atom. The summed E-state index contributed by atoms with van der Waals surface area (Å²) in [6.45, 7) is 0.890. The Bertz CT molecular complexity index is 339. The first-order valence-electron chi connectivity index (χ1n) is 6.83. The largest absolute Gasteiger partial charge is 0.374 e. The second-order valence-electron chi connectivity index (χ2n) is 4.71. The van der Waals surface area contributed by atoms with E-state index in [1.165, 1.54) is 0 Å². The molecule has 0 bridgehead atoms. The summed E-state index contributed by atoms with van der Waals surface area (Å²) < 4.78 is 29.4. The summed E-state index contributed by atoms with van der Waals surface area (Å²) in [5.41, 5.74) is 1.08. The summed E-state index contributed by atoms with van der Waals surface area (Å²) in [7, 11) is 0.